The molecule has 2 rings (SSSR count). The molecule has 1 unspecified atom stereocenters. The average molecular weight is 371 g/mol. The summed E-state index contributed by atoms with van der Waals surface area (Å²) in [6, 6.07) is 5.68. The van der Waals surface area contributed by atoms with Gasteiger partial charge in [-0.05, 0) is 24.3 Å². The van der Waals surface area contributed by atoms with Crippen LogP contribution in [0, 0.1) is 0 Å². The van der Waals surface area contributed by atoms with Crippen LogP contribution < -0.4 is 5.32 Å². The van der Waals surface area contributed by atoms with Crippen LogP contribution in [0.1, 0.15) is 10.4 Å². The average Bonchev–Trinajstić information content (AvgIpc) is 2.53. The zero-order chi connectivity index (χ0) is 16.1. The molecule has 1 aromatic rings. The molecular weight excluding hydrogens is 356 g/mol. The Balaban J connectivity index is 1.92. The van der Waals surface area contributed by atoms with Gasteiger partial charge in [0, 0.05) is 16.6 Å². The summed E-state index contributed by atoms with van der Waals surface area (Å²) in [4.78, 5) is 36.3. The topological polar surface area (TPSA) is 95.9 Å². The lowest BCUT2D eigenvalue weighted by atomic mass is 10.2. The first kappa shape index (κ1) is 16.4. The van der Waals surface area contributed by atoms with Crippen molar-refractivity contribution in [2.75, 3.05) is 26.3 Å². The van der Waals surface area contributed by atoms with Crippen LogP contribution in [0.3, 0.4) is 0 Å². The Labute approximate surface area is 135 Å². The number of halogens is 1. The van der Waals surface area contributed by atoms with Gasteiger partial charge in [0.05, 0.1) is 19.8 Å². The number of rotatable bonds is 4. The molecule has 0 bridgehead atoms. The van der Waals surface area contributed by atoms with Gasteiger partial charge in [0.2, 0.25) is 5.91 Å². The lowest BCUT2D eigenvalue weighted by molar-refractivity contribution is -0.157. The summed E-state index contributed by atoms with van der Waals surface area (Å²) in [6.07, 6.45) is 0. The highest BCUT2D eigenvalue weighted by Gasteiger charge is 2.32. The molecule has 1 heterocycles. The molecule has 1 aliphatic heterocycles. The Morgan fingerprint density at radius 3 is 2.64 bits per heavy atom. The number of morpholine rings is 1. The molecule has 118 valence electrons. The normalized spacial score (nSPS) is 17.9. The molecule has 0 radical (unpaired) electrons. The van der Waals surface area contributed by atoms with Gasteiger partial charge >= 0.3 is 5.97 Å². The van der Waals surface area contributed by atoms with Crippen LogP contribution >= 0.6 is 15.9 Å². The van der Waals surface area contributed by atoms with E-state index in [0.29, 0.717) is 5.56 Å². The molecule has 22 heavy (non-hydrogen) atoms. The van der Waals surface area contributed by atoms with Crippen LogP contribution in [-0.4, -0.2) is 60.1 Å². The van der Waals surface area contributed by atoms with Gasteiger partial charge in [0.15, 0.2) is 6.04 Å². The summed E-state index contributed by atoms with van der Waals surface area (Å²) in [6.45, 7) is 0.195. The molecule has 1 saturated heterocycles. The fraction of sp³-hybridized carbons (Fsp3) is 0.357. The van der Waals surface area contributed by atoms with Crippen molar-refractivity contribution in [3.05, 3.63) is 34.3 Å². The van der Waals surface area contributed by atoms with Gasteiger partial charge < -0.3 is 20.1 Å². The molecule has 8 heteroatoms. The largest absolute Gasteiger partial charge is 0.480 e. The van der Waals surface area contributed by atoms with Gasteiger partial charge in [0.25, 0.3) is 5.91 Å². The molecule has 7 nitrogen and oxygen atoms in total. The third-order valence-electron chi connectivity index (χ3n) is 3.24. The number of ether oxygens (including phenoxy) is 1. The molecular formula is C14H15BrN2O5. The van der Waals surface area contributed by atoms with E-state index in [1.807, 2.05) is 0 Å². The van der Waals surface area contributed by atoms with Crippen LogP contribution in [-0.2, 0) is 14.3 Å². The first-order valence-electron chi connectivity index (χ1n) is 6.63. The quantitative estimate of drug-likeness (QED) is 0.803. The van der Waals surface area contributed by atoms with Crippen molar-refractivity contribution in [3.63, 3.8) is 0 Å². The Morgan fingerprint density at radius 1 is 1.32 bits per heavy atom. The van der Waals surface area contributed by atoms with Gasteiger partial charge in [-0.25, -0.2) is 4.79 Å². The van der Waals surface area contributed by atoms with Crippen molar-refractivity contribution < 1.29 is 24.2 Å². The predicted molar refractivity (Wildman–Crippen MR) is 80.4 cm³/mol. The predicted octanol–water partition coefficient (Wildman–Crippen LogP) is 0.491. The maximum atomic E-state index is 12.1. The standard InChI is InChI=1S/C14H15BrN2O5/c15-10-3-1-9(2-4-10)13(19)16-7-12(18)17-5-6-22-8-11(17)14(20)21/h1-4,11H,5-8H2,(H,16,19)(H,20,21). The number of hydrogen-bond donors (Lipinski definition) is 2. The number of carbonyl (C=O) groups excluding carboxylic acids is 2. The van der Waals surface area contributed by atoms with Gasteiger partial charge in [-0.3, -0.25) is 9.59 Å². The number of nitrogens with zero attached hydrogens (tertiary/aromatic N) is 1. The zero-order valence-corrected chi connectivity index (χ0v) is 13.2. The number of amides is 2. The van der Waals surface area contributed by atoms with Crippen molar-refractivity contribution >= 4 is 33.7 Å². The molecule has 0 saturated carbocycles. The minimum absolute atomic E-state index is 0.0399. The van der Waals surface area contributed by atoms with Crippen LogP contribution in [0.2, 0.25) is 0 Å². The maximum Gasteiger partial charge on any atom is 0.328 e. The van der Waals surface area contributed by atoms with Gasteiger partial charge in [-0.1, -0.05) is 15.9 Å². The van der Waals surface area contributed by atoms with E-state index in [0.717, 1.165) is 4.47 Å². The lowest BCUT2D eigenvalue weighted by Gasteiger charge is -2.32. The lowest BCUT2D eigenvalue weighted by Crippen LogP contribution is -2.54. The number of aliphatic carboxylic acids is 1. The second kappa shape index (κ2) is 7.37. The Kier molecular flexibility index (Phi) is 5.51. The maximum absolute atomic E-state index is 12.1. The molecule has 0 aromatic heterocycles. The second-order valence-corrected chi connectivity index (χ2v) is 5.62. The van der Waals surface area contributed by atoms with Crippen LogP contribution in [0.25, 0.3) is 0 Å². The van der Waals surface area contributed by atoms with E-state index in [1.54, 1.807) is 24.3 Å². The second-order valence-electron chi connectivity index (χ2n) is 4.71. The molecule has 2 N–H and O–H groups in total. The third-order valence-corrected chi connectivity index (χ3v) is 3.77. The number of carboxylic acids is 1. The summed E-state index contributed by atoms with van der Waals surface area (Å²) in [5.74, 6) is -1.95. The zero-order valence-electron chi connectivity index (χ0n) is 11.6. The van der Waals surface area contributed by atoms with Crippen molar-refractivity contribution in [2.24, 2.45) is 0 Å². The van der Waals surface area contributed by atoms with Gasteiger partial charge in [-0.15, -0.1) is 0 Å². The van der Waals surface area contributed by atoms with Gasteiger partial charge in [0.1, 0.15) is 0 Å². The first-order valence-corrected chi connectivity index (χ1v) is 7.42. The summed E-state index contributed by atoms with van der Waals surface area (Å²) in [5.41, 5.74) is 0.424. The van der Waals surface area contributed by atoms with E-state index in [-0.39, 0.29) is 32.2 Å². The Bertz CT molecular complexity index is 575. The van der Waals surface area contributed by atoms with Crippen LogP contribution in [0.15, 0.2) is 28.7 Å². The molecule has 1 aromatic carbocycles. The molecule has 0 aliphatic carbocycles. The van der Waals surface area contributed by atoms with Crippen molar-refractivity contribution in [1.82, 2.24) is 10.2 Å². The third kappa shape index (κ3) is 4.05. The molecule has 1 atom stereocenters. The van der Waals surface area contributed by atoms with Crippen LogP contribution in [0.5, 0.6) is 0 Å². The van der Waals surface area contributed by atoms with Crippen molar-refractivity contribution in [1.29, 1.82) is 0 Å². The fourth-order valence-electron chi connectivity index (χ4n) is 2.07. The van der Waals surface area contributed by atoms with E-state index < -0.39 is 17.9 Å². The Morgan fingerprint density at radius 2 is 2.00 bits per heavy atom. The van der Waals surface area contributed by atoms with Gasteiger partial charge in [-0.2, -0.15) is 0 Å². The number of carbonyl (C=O) groups is 3. The number of carboxylic acid groups (broad SMARTS) is 1. The highest BCUT2D eigenvalue weighted by molar-refractivity contribution is 9.10. The van der Waals surface area contributed by atoms with Crippen LogP contribution in [0.4, 0.5) is 0 Å². The molecule has 0 spiro atoms. The summed E-state index contributed by atoms with van der Waals surface area (Å²) >= 11 is 3.27. The minimum Gasteiger partial charge on any atom is -0.480 e. The summed E-state index contributed by atoms with van der Waals surface area (Å²) < 4.78 is 5.91. The summed E-state index contributed by atoms with van der Waals surface area (Å²) in [7, 11) is 0. The van der Waals surface area contributed by atoms with Crippen molar-refractivity contribution in [2.45, 2.75) is 6.04 Å². The molecule has 2 amide bonds. The van der Waals surface area contributed by atoms with Crippen molar-refractivity contribution in [3.8, 4) is 0 Å². The smallest absolute Gasteiger partial charge is 0.328 e. The highest BCUT2D eigenvalue weighted by Crippen LogP contribution is 2.11. The van der Waals surface area contributed by atoms with E-state index in [1.165, 1.54) is 4.90 Å². The molecule has 1 aliphatic rings. The first-order chi connectivity index (χ1) is 10.5. The Hall–Kier alpha value is -1.93. The number of nitrogens with one attached hydrogen (secondary N) is 1. The van der Waals surface area contributed by atoms with E-state index in [9.17, 15) is 14.4 Å². The number of hydrogen-bond acceptors (Lipinski definition) is 4. The summed E-state index contributed by atoms with van der Waals surface area (Å²) in [5, 5.41) is 11.6. The monoisotopic (exact) mass is 370 g/mol. The van der Waals surface area contributed by atoms with E-state index in [4.69, 9.17) is 9.84 Å². The fourth-order valence-corrected chi connectivity index (χ4v) is 2.33. The van der Waals surface area contributed by atoms with E-state index in [2.05, 4.69) is 21.2 Å². The van der Waals surface area contributed by atoms with E-state index >= 15 is 0 Å². The molecule has 1 fully saturated rings. The highest BCUT2D eigenvalue weighted by atomic mass is 79.9. The minimum atomic E-state index is -1.12. The number of benzene rings is 1. The SMILES string of the molecule is O=C(NCC(=O)N1CCOCC1C(=O)O)c1ccc(Br)cc1.